The topological polar surface area (TPSA) is 83.8 Å². The number of rotatable bonds is 4. The lowest BCUT2D eigenvalue weighted by molar-refractivity contribution is -0.117. The van der Waals surface area contributed by atoms with Crippen LogP contribution in [-0.2, 0) is 4.79 Å². The number of H-pyrrole nitrogens is 1. The van der Waals surface area contributed by atoms with Gasteiger partial charge in [0.25, 0.3) is 0 Å². The lowest BCUT2D eigenvalue weighted by atomic mass is 10.00. The molecule has 1 aromatic heterocycles. The molecule has 0 aliphatic heterocycles. The molecule has 2 atom stereocenters. The zero-order valence-corrected chi connectivity index (χ0v) is 11.9. The van der Waals surface area contributed by atoms with Crippen molar-refractivity contribution in [3.63, 3.8) is 0 Å². The number of amides is 1. The van der Waals surface area contributed by atoms with E-state index >= 15 is 0 Å². The Morgan fingerprint density at radius 1 is 1.38 bits per heavy atom. The van der Waals surface area contributed by atoms with Gasteiger partial charge in [0.1, 0.15) is 0 Å². The van der Waals surface area contributed by atoms with Gasteiger partial charge in [-0.25, -0.2) is 0 Å². The number of benzene rings is 1. The Balaban J connectivity index is 1.65. The molecule has 2 aromatic rings. The average Bonchev–Trinajstić information content (AvgIpc) is 3.12. The number of carbonyl (C=O) groups excluding carboxylic acids is 1. The van der Waals surface area contributed by atoms with Crippen molar-refractivity contribution in [1.29, 1.82) is 0 Å². The Bertz CT molecular complexity index is 608. The molecule has 1 aliphatic carbocycles. The van der Waals surface area contributed by atoms with Crippen molar-refractivity contribution in [2.45, 2.75) is 31.7 Å². The van der Waals surface area contributed by atoms with E-state index in [-0.39, 0.29) is 11.9 Å². The molecule has 21 heavy (non-hydrogen) atoms. The maximum Gasteiger partial charge on any atom is 0.224 e. The second-order valence-electron chi connectivity index (χ2n) is 5.66. The molecule has 5 nitrogen and oxygen atoms in total. The molecular weight excluding hydrogens is 264 g/mol. The Morgan fingerprint density at radius 2 is 2.29 bits per heavy atom. The van der Waals surface area contributed by atoms with Crippen LogP contribution in [0.5, 0.6) is 0 Å². The van der Waals surface area contributed by atoms with E-state index in [1.165, 1.54) is 0 Å². The van der Waals surface area contributed by atoms with Crippen LogP contribution in [0.1, 0.15) is 25.7 Å². The summed E-state index contributed by atoms with van der Waals surface area (Å²) in [6.07, 6.45) is 5.45. The van der Waals surface area contributed by atoms with Gasteiger partial charge in [-0.05, 0) is 37.0 Å². The summed E-state index contributed by atoms with van der Waals surface area (Å²) < 4.78 is 0. The summed E-state index contributed by atoms with van der Waals surface area (Å²) in [5.41, 5.74) is 8.76. The van der Waals surface area contributed by atoms with E-state index in [0.29, 0.717) is 12.3 Å². The summed E-state index contributed by atoms with van der Waals surface area (Å²) in [6, 6.07) is 9.82. The molecule has 3 rings (SSSR count). The van der Waals surface area contributed by atoms with E-state index in [9.17, 15) is 4.79 Å². The molecule has 110 valence electrons. The minimum absolute atomic E-state index is 0.0408. The van der Waals surface area contributed by atoms with Crippen LogP contribution in [-0.4, -0.2) is 22.1 Å². The number of hydrogen-bond donors (Lipinski definition) is 3. The van der Waals surface area contributed by atoms with Crippen LogP contribution >= 0.6 is 0 Å². The zero-order valence-electron chi connectivity index (χ0n) is 11.9. The minimum atomic E-state index is 0.0408. The maximum atomic E-state index is 12.1. The zero-order chi connectivity index (χ0) is 14.7. The van der Waals surface area contributed by atoms with E-state index in [1.807, 2.05) is 30.3 Å². The van der Waals surface area contributed by atoms with Gasteiger partial charge < -0.3 is 11.1 Å². The highest BCUT2D eigenvalue weighted by Crippen LogP contribution is 2.27. The highest BCUT2D eigenvalue weighted by molar-refractivity contribution is 5.91. The lowest BCUT2D eigenvalue weighted by Crippen LogP contribution is -2.28. The first kappa shape index (κ1) is 13.8. The molecule has 5 heteroatoms. The Hall–Kier alpha value is -2.14. The number of hydrogen-bond acceptors (Lipinski definition) is 3. The molecule has 0 saturated heterocycles. The van der Waals surface area contributed by atoms with Crippen LogP contribution in [0.25, 0.3) is 11.3 Å². The van der Waals surface area contributed by atoms with Crippen molar-refractivity contribution in [2.75, 3.05) is 5.32 Å². The first-order valence-electron chi connectivity index (χ1n) is 7.37. The molecule has 0 spiro atoms. The van der Waals surface area contributed by atoms with E-state index in [1.54, 1.807) is 6.20 Å². The SMILES string of the molecule is N[C@@H]1CCC[C@H]1CC(=O)Nc1cccc(-c2ccn[nH]2)c1. The predicted molar refractivity (Wildman–Crippen MR) is 82.6 cm³/mol. The fourth-order valence-electron chi connectivity index (χ4n) is 2.95. The van der Waals surface area contributed by atoms with Crippen LogP contribution in [0.2, 0.25) is 0 Å². The van der Waals surface area contributed by atoms with Gasteiger partial charge in [0, 0.05) is 29.9 Å². The Morgan fingerprint density at radius 3 is 3.00 bits per heavy atom. The molecule has 0 radical (unpaired) electrons. The number of nitrogens with two attached hydrogens (primary N) is 1. The van der Waals surface area contributed by atoms with Crippen molar-refractivity contribution in [1.82, 2.24) is 10.2 Å². The van der Waals surface area contributed by atoms with Gasteiger partial charge in [-0.2, -0.15) is 5.10 Å². The Kier molecular flexibility index (Phi) is 4.01. The highest BCUT2D eigenvalue weighted by atomic mass is 16.1. The number of anilines is 1. The molecule has 1 fully saturated rings. The molecule has 1 heterocycles. The molecule has 1 saturated carbocycles. The van der Waals surface area contributed by atoms with E-state index in [2.05, 4.69) is 15.5 Å². The maximum absolute atomic E-state index is 12.1. The third-order valence-electron chi connectivity index (χ3n) is 4.12. The summed E-state index contributed by atoms with van der Waals surface area (Å²) in [4.78, 5) is 12.1. The summed E-state index contributed by atoms with van der Waals surface area (Å²) in [5.74, 6) is 0.361. The van der Waals surface area contributed by atoms with Crippen molar-refractivity contribution in [2.24, 2.45) is 11.7 Å². The van der Waals surface area contributed by atoms with Gasteiger partial charge >= 0.3 is 0 Å². The van der Waals surface area contributed by atoms with Gasteiger partial charge in [0.15, 0.2) is 0 Å². The molecular formula is C16H20N4O. The molecule has 4 N–H and O–H groups in total. The van der Waals surface area contributed by atoms with Crippen LogP contribution in [0.4, 0.5) is 5.69 Å². The van der Waals surface area contributed by atoms with Crippen molar-refractivity contribution in [3.05, 3.63) is 36.5 Å². The van der Waals surface area contributed by atoms with E-state index in [4.69, 9.17) is 5.73 Å². The van der Waals surface area contributed by atoms with Crippen molar-refractivity contribution >= 4 is 11.6 Å². The second-order valence-corrected chi connectivity index (χ2v) is 5.66. The predicted octanol–water partition coefficient (Wildman–Crippen LogP) is 2.53. The number of nitrogens with zero attached hydrogens (tertiary/aromatic N) is 1. The number of aromatic amines is 1. The lowest BCUT2D eigenvalue weighted by Gasteiger charge is -2.15. The highest BCUT2D eigenvalue weighted by Gasteiger charge is 2.25. The number of carbonyl (C=O) groups is 1. The van der Waals surface area contributed by atoms with Crippen LogP contribution < -0.4 is 11.1 Å². The molecule has 1 amide bonds. The van der Waals surface area contributed by atoms with Crippen LogP contribution in [0.3, 0.4) is 0 Å². The first-order chi connectivity index (χ1) is 10.2. The second kappa shape index (κ2) is 6.10. The van der Waals surface area contributed by atoms with Crippen molar-refractivity contribution < 1.29 is 4.79 Å². The van der Waals surface area contributed by atoms with Crippen molar-refractivity contribution in [3.8, 4) is 11.3 Å². The van der Waals surface area contributed by atoms with Crippen LogP contribution in [0.15, 0.2) is 36.5 Å². The molecule has 1 aromatic carbocycles. The monoisotopic (exact) mass is 284 g/mol. The number of aromatic nitrogens is 2. The van der Waals surface area contributed by atoms with Gasteiger partial charge in [0.05, 0.1) is 5.69 Å². The average molecular weight is 284 g/mol. The summed E-state index contributed by atoms with van der Waals surface area (Å²) >= 11 is 0. The quantitative estimate of drug-likeness (QED) is 0.806. The third-order valence-corrected chi connectivity index (χ3v) is 4.12. The molecule has 0 unspecified atom stereocenters. The van der Waals surface area contributed by atoms with E-state index in [0.717, 1.165) is 36.2 Å². The summed E-state index contributed by atoms with van der Waals surface area (Å²) in [6.45, 7) is 0. The summed E-state index contributed by atoms with van der Waals surface area (Å²) in [5, 5.41) is 9.82. The number of nitrogens with one attached hydrogen (secondary N) is 2. The van der Waals surface area contributed by atoms with Gasteiger partial charge in [-0.1, -0.05) is 18.6 Å². The standard InChI is InChI=1S/C16H20N4O/c17-14-6-2-3-11(14)10-16(21)19-13-5-1-4-12(9-13)15-7-8-18-20-15/h1,4-5,7-9,11,14H,2-3,6,10,17H2,(H,18,20)(H,19,21)/t11-,14+/m0/s1. The van der Waals surface area contributed by atoms with Crippen LogP contribution in [0, 0.1) is 5.92 Å². The summed E-state index contributed by atoms with van der Waals surface area (Å²) in [7, 11) is 0. The fraction of sp³-hybridized carbons (Fsp3) is 0.375. The molecule has 1 aliphatic rings. The van der Waals surface area contributed by atoms with E-state index < -0.39 is 0 Å². The van der Waals surface area contributed by atoms with Gasteiger partial charge in [0.2, 0.25) is 5.91 Å². The third kappa shape index (κ3) is 3.31. The largest absolute Gasteiger partial charge is 0.327 e. The Labute approximate surface area is 123 Å². The van der Waals surface area contributed by atoms with Gasteiger partial charge in [-0.15, -0.1) is 0 Å². The first-order valence-corrected chi connectivity index (χ1v) is 7.37. The fourth-order valence-corrected chi connectivity index (χ4v) is 2.95. The smallest absolute Gasteiger partial charge is 0.224 e. The normalized spacial score (nSPS) is 21.4. The minimum Gasteiger partial charge on any atom is -0.327 e. The molecule has 0 bridgehead atoms. The van der Waals surface area contributed by atoms with Gasteiger partial charge in [-0.3, -0.25) is 9.89 Å².